The fourth-order valence-electron chi connectivity index (χ4n) is 2.94. The van der Waals surface area contributed by atoms with E-state index in [1.54, 1.807) is 12.1 Å². The third-order valence-corrected chi connectivity index (χ3v) is 6.13. The monoisotopic (exact) mass is 391 g/mol. The molecule has 9 heteroatoms. The molecular weight excluding hydrogens is 366 g/mol. The van der Waals surface area contributed by atoms with Crippen molar-refractivity contribution in [3.63, 3.8) is 0 Å². The molecular formula is C18H25N5O3S. The summed E-state index contributed by atoms with van der Waals surface area (Å²) < 4.78 is 27.7. The topological polar surface area (TPSA) is 118 Å². The molecule has 0 atom stereocenters. The highest BCUT2D eigenvalue weighted by molar-refractivity contribution is 7.89. The summed E-state index contributed by atoms with van der Waals surface area (Å²) in [6, 6.07) is 4.39. The summed E-state index contributed by atoms with van der Waals surface area (Å²) in [5, 5.41) is 2.60. The highest BCUT2D eigenvalue weighted by atomic mass is 32.2. The molecule has 0 aromatic carbocycles. The lowest BCUT2D eigenvalue weighted by Crippen LogP contribution is -2.42. The minimum absolute atomic E-state index is 0.0414. The van der Waals surface area contributed by atoms with Crippen LogP contribution in [-0.4, -0.2) is 40.7 Å². The third-order valence-electron chi connectivity index (χ3n) is 3.85. The fourth-order valence-corrected chi connectivity index (χ4v) is 4.87. The second kappa shape index (κ2) is 8.01. The van der Waals surface area contributed by atoms with Gasteiger partial charge in [-0.15, -0.1) is 0 Å². The SMILES string of the molecule is CC(=O)Nc1cc(-c2cnc(N)c(S(=O)(=O)N(C(C)C)C(C)C)c2)ccn1. The van der Waals surface area contributed by atoms with Gasteiger partial charge in [0, 0.05) is 37.0 Å². The number of carbonyl (C=O) groups excluding carboxylic acids is 1. The van der Waals surface area contributed by atoms with Crippen LogP contribution < -0.4 is 11.1 Å². The maximum atomic E-state index is 13.2. The van der Waals surface area contributed by atoms with E-state index in [4.69, 9.17) is 5.73 Å². The maximum Gasteiger partial charge on any atom is 0.247 e. The molecule has 2 heterocycles. The lowest BCUT2D eigenvalue weighted by molar-refractivity contribution is -0.114. The molecule has 0 fully saturated rings. The number of nitrogens with zero attached hydrogens (tertiary/aromatic N) is 3. The second-order valence-corrected chi connectivity index (χ2v) is 8.55. The van der Waals surface area contributed by atoms with Gasteiger partial charge in [0.1, 0.15) is 16.5 Å². The zero-order chi connectivity index (χ0) is 20.4. The Morgan fingerprint density at radius 2 is 1.74 bits per heavy atom. The Hall–Kier alpha value is -2.52. The molecule has 0 saturated carbocycles. The quantitative estimate of drug-likeness (QED) is 0.781. The molecule has 2 aromatic rings. The molecule has 3 N–H and O–H groups in total. The molecule has 0 aliphatic heterocycles. The summed E-state index contributed by atoms with van der Waals surface area (Å²) in [6.45, 7) is 8.64. The number of hydrogen-bond donors (Lipinski definition) is 2. The van der Waals surface area contributed by atoms with E-state index in [2.05, 4.69) is 15.3 Å². The number of nitrogens with two attached hydrogens (primary N) is 1. The van der Waals surface area contributed by atoms with Crippen LogP contribution in [0.3, 0.4) is 0 Å². The van der Waals surface area contributed by atoms with Crippen molar-refractivity contribution in [3.8, 4) is 11.1 Å². The first-order valence-corrected chi connectivity index (χ1v) is 10.0. The van der Waals surface area contributed by atoms with Crippen molar-refractivity contribution in [2.24, 2.45) is 0 Å². The standard InChI is InChI=1S/C18H25N5O3S/c1-11(2)23(12(3)4)27(25,26)16-8-15(10-21-18(16)19)14-6-7-20-17(9-14)22-13(5)24/h6-12H,1-5H3,(H2,19,21)(H,20,22,24). The summed E-state index contributed by atoms with van der Waals surface area (Å²) in [7, 11) is -3.83. The molecule has 2 rings (SSSR count). The van der Waals surface area contributed by atoms with Crippen LogP contribution in [0.2, 0.25) is 0 Å². The minimum atomic E-state index is -3.83. The van der Waals surface area contributed by atoms with E-state index >= 15 is 0 Å². The van der Waals surface area contributed by atoms with Crippen LogP contribution >= 0.6 is 0 Å². The predicted molar refractivity (Wildman–Crippen MR) is 105 cm³/mol. The van der Waals surface area contributed by atoms with Gasteiger partial charge in [-0.2, -0.15) is 4.31 Å². The summed E-state index contributed by atoms with van der Waals surface area (Å²) in [5.41, 5.74) is 7.13. The van der Waals surface area contributed by atoms with Crippen molar-refractivity contribution in [1.29, 1.82) is 0 Å². The summed E-state index contributed by atoms with van der Waals surface area (Å²) in [5.74, 6) is 0.0660. The number of aromatic nitrogens is 2. The molecule has 0 bridgehead atoms. The van der Waals surface area contributed by atoms with Gasteiger partial charge < -0.3 is 11.1 Å². The highest BCUT2D eigenvalue weighted by Gasteiger charge is 2.31. The molecule has 27 heavy (non-hydrogen) atoms. The number of amides is 1. The highest BCUT2D eigenvalue weighted by Crippen LogP contribution is 2.29. The van der Waals surface area contributed by atoms with Crippen molar-refractivity contribution in [3.05, 3.63) is 30.6 Å². The Morgan fingerprint density at radius 1 is 1.11 bits per heavy atom. The van der Waals surface area contributed by atoms with Gasteiger partial charge in [0.25, 0.3) is 0 Å². The van der Waals surface area contributed by atoms with Crippen LogP contribution in [0.5, 0.6) is 0 Å². The molecule has 0 saturated heterocycles. The molecule has 2 aromatic heterocycles. The lowest BCUT2D eigenvalue weighted by atomic mass is 10.1. The maximum absolute atomic E-state index is 13.2. The minimum Gasteiger partial charge on any atom is -0.383 e. The van der Waals surface area contributed by atoms with E-state index < -0.39 is 10.0 Å². The third kappa shape index (κ3) is 4.61. The average molecular weight is 391 g/mol. The van der Waals surface area contributed by atoms with Crippen LogP contribution in [-0.2, 0) is 14.8 Å². The first-order chi connectivity index (χ1) is 12.5. The van der Waals surface area contributed by atoms with E-state index in [-0.39, 0.29) is 28.7 Å². The van der Waals surface area contributed by atoms with Gasteiger partial charge in [-0.25, -0.2) is 18.4 Å². The van der Waals surface area contributed by atoms with Gasteiger partial charge in [0.05, 0.1) is 0 Å². The number of hydrogen-bond acceptors (Lipinski definition) is 6. The normalized spacial score (nSPS) is 12.0. The molecule has 0 spiro atoms. The smallest absolute Gasteiger partial charge is 0.247 e. The second-order valence-electron chi connectivity index (χ2n) is 6.74. The zero-order valence-corrected chi connectivity index (χ0v) is 16.9. The molecule has 0 aliphatic carbocycles. The van der Waals surface area contributed by atoms with E-state index in [0.717, 1.165) is 0 Å². The van der Waals surface area contributed by atoms with Gasteiger partial charge in [0.2, 0.25) is 15.9 Å². The fraction of sp³-hybridized carbons (Fsp3) is 0.389. The summed E-state index contributed by atoms with van der Waals surface area (Å²) in [4.78, 5) is 19.3. The average Bonchev–Trinajstić information content (AvgIpc) is 2.53. The molecule has 0 aliphatic rings. The molecule has 1 amide bonds. The van der Waals surface area contributed by atoms with Gasteiger partial charge in [-0.05, 0) is 51.5 Å². The van der Waals surface area contributed by atoms with Gasteiger partial charge in [0.15, 0.2) is 0 Å². The number of sulfonamides is 1. The first kappa shape index (κ1) is 20.8. The van der Waals surface area contributed by atoms with Crippen LogP contribution in [0.15, 0.2) is 35.5 Å². The van der Waals surface area contributed by atoms with E-state index in [1.807, 2.05) is 27.7 Å². The largest absolute Gasteiger partial charge is 0.383 e. The Kier molecular flexibility index (Phi) is 6.17. The number of anilines is 2. The number of nitrogen functional groups attached to an aromatic ring is 1. The molecule has 0 unspecified atom stereocenters. The molecule has 0 radical (unpaired) electrons. The Morgan fingerprint density at radius 3 is 2.30 bits per heavy atom. The van der Waals surface area contributed by atoms with E-state index in [1.165, 1.54) is 29.7 Å². The van der Waals surface area contributed by atoms with Crippen molar-refractivity contribution in [2.45, 2.75) is 51.6 Å². The number of nitrogens with one attached hydrogen (secondary N) is 1. The number of carbonyl (C=O) groups is 1. The summed E-state index contributed by atoms with van der Waals surface area (Å²) in [6.07, 6.45) is 3.02. The first-order valence-electron chi connectivity index (χ1n) is 8.57. The van der Waals surface area contributed by atoms with Crippen LogP contribution in [0.1, 0.15) is 34.6 Å². The van der Waals surface area contributed by atoms with E-state index in [9.17, 15) is 13.2 Å². The Balaban J connectivity index is 2.55. The lowest BCUT2D eigenvalue weighted by Gasteiger charge is -2.29. The number of pyridine rings is 2. The van der Waals surface area contributed by atoms with Gasteiger partial charge in [-0.3, -0.25) is 4.79 Å². The van der Waals surface area contributed by atoms with Crippen molar-refractivity contribution in [1.82, 2.24) is 14.3 Å². The van der Waals surface area contributed by atoms with Crippen molar-refractivity contribution >= 4 is 27.6 Å². The Labute approximate surface area is 159 Å². The molecule has 8 nitrogen and oxygen atoms in total. The van der Waals surface area contributed by atoms with Crippen molar-refractivity contribution < 1.29 is 13.2 Å². The van der Waals surface area contributed by atoms with Crippen LogP contribution in [0, 0.1) is 0 Å². The van der Waals surface area contributed by atoms with Gasteiger partial charge in [-0.1, -0.05) is 0 Å². The molecule has 146 valence electrons. The van der Waals surface area contributed by atoms with Crippen LogP contribution in [0.4, 0.5) is 11.6 Å². The van der Waals surface area contributed by atoms with Crippen LogP contribution in [0.25, 0.3) is 11.1 Å². The van der Waals surface area contributed by atoms with Gasteiger partial charge >= 0.3 is 0 Å². The predicted octanol–water partition coefficient (Wildman–Crippen LogP) is 2.49. The number of rotatable bonds is 6. The zero-order valence-electron chi connectivity index (χ0n) is 16.1. The van der Waals surface area contributed by atoms with Crippen molar-refractivity contribution in [2.75, 3.05) is 11.1 Å². The summed E-state index contributed by atoms with van der Waals surface area (Å²) >= 11 is 0. The van der Waals surface area contributed by atoms with E-state index in [0.29, 0.717) is 16.9 Å². The Bertz CT molecular complexity index is 934.